The third-order valence-electron chi connectivity index (χ3n) is 4.16. The molecule has 1 aliphatic heterocycles. The maximum atomic E-state index is 4.54. The molecule has 1 unspecified atom stereocenters. The van der Waals surface area contributed by atoms with Crippen molar-refractivity contribution in [3.8, 4) is 0 Å². The van der Waals surface area contributed by atoms with Crippen LogP contribution in [-0.2, 0) is 6.54 Å². The Morgan fingerprint density at radius 2 is 1.95 bits per heavy atom. The normalized spacial score (nSPS) is 24.3. The second-order valence-corrected chi connectivity index (χ2v) is 6.07. The van der Waals surface area contributed by atoms with Crippen LogP contribution in [0.1, 0.15) is 44.6 Å². The Morgan fingerprint density at radius 3 is 2.68 bits per heavy atom. The molecule has 0 amide bonds. The highest BCUT2D eigenvalue weighted by Gasteiger charge is 2.20. The molecule has 104 valence electrons. The lowest BCUT2D eigenvalue weighted by Crippen LogP contribution is -2.26. The number of hydrogen-bond acceptors (Lipinski definition) is 4. The van der Waals surface area contributed by atoms with Gasteiger partial charge in [0.25, 0.3) is 0 Å². The largest absolute Gasteiger partial charge is 0.341 e. The molecule has 1 N–H and O–H groups in total. The number of nitrogens with one attached hydrogen (secondary N) is 1. The van der Waals surface area contributed by atoms with Crippen molar-refractivity contribution in [2.24, 2.45) is 5.92 Å². The van der Waals surface area contributed by atoms with Gasteiger partial charge in [-0.3, -0.25) is 0 Å². The first-order valence-electron chi connectivity index (χ1n) is 7.60. The monoisotopic (exact) mass is 260 g/mol. The van der Waals surface area contributed by atoms with E-state index in [1.807, 2.05) is 12.4 Å². The minimum atomic E-state index is 0.742. The van der Waals surface area contributed by atoms with Crippen molar-refractivity contribution < 1.29 is 0 Å². The molecule has 4 heteroatoms. The van der Waals surface area contributed by atoms with E-state index in [0.29, 0.717) is 0 Å². The number of hydrogen-bond donors (Lipinski definition) is 1. The van der Waals surface area contributed by atoms with Crippen molar-refractivity contribution in [3.05, 3.63) is 18.0 Å². The minimum Gasteiger partial charge on any atom is -0.341 e. The van der Waals surface area contributed by atoms with Gasteiger partial charge in [0.1, 0.15) is 0 Å². The molecule has 0 spiro atoms. The lowest BCUT2D eigenvalue weighted by Gasteiger charge is -2.20. The first-order valence-corrected chi connectivity index (χ1v) is 7.60. The van der Waals surface area contributed by atoms with Gasteiger partial charge in [-0.05, 0) is 38.0 Å². The van der Waals surface area contributed by atoms with E-state index in [2.05, 4.69) is 27.1 Å². The van der Waals surface area contributed by atoms with Crippen molar-refractivity contribution in [1.82, 2.24) is 15.3 Å². The highest BCUT2D eigenvalue weighted by Crippen LogP contribution is 2.20. The summed E-state index contributed by atoms with van der Waals surface area (Å²) in [6.45, 7) is 5.45. The molecule has 2 fully saturated rings. The standard InChI is InChI=1S/C15H24N4/c1-12-3-2-7-19(8-6-12)15-17-10-13(11-18-15)9-16-14-4-5-14/h10-12,14,16H,2-9H2,1H3. The molecule has 1 saturated heterocycles. The number of nitrogens with zero attached hydrogens (tertiary/aromatic N) is 3. The van der Waals surface area contributed by atoms with Crippen LogP contribution < -0.4 is 10.2 Å². The maximum absolute atomic E-state index is 4.54. The summed E-state index contributed by atoms with van der Waals surface area (Å²) in [5, 5.41) is 3.49. The van der Waals surface area contributed by atoms with Gasteiger partial charge in [0.2, 0.25) is 5.95 Å². The molecule has 1 aromatic heterocycles. The Balaban J connectivity index is 1.57. The average molecular weight is 260 g/mol. The third kappa shape index (κ3) is 3.66. The third-order valence-corrected chi connectivity index (χ3v) is 4.16. The smallest absolute Gasteiger partial charge is 0.225 e. The van der Waals surface area contributed by atoms with E-state index in [4.69, 9.17) is 0 Å². The Labute approximate surface area is 115 Å². The molecule has 2 heterocycles. The Morgan fingerprint density at radius 1 is 1.16 bits per heavy atom. The lowest BCUT2D eigenvalue weighted by molar-refractivity contribution is 0.521. The number of aromatic nitrogens is 2. The quantitative estimate of drug-likeness (QED) is 0.902. The first kappa shape index (κ1) is 12.9. The second-order valence-electron chi connectivity index (χ2n) is 6.07. The summed E-state index contributed by atoms with van der Waals surface area (Å²) < 4.78 is 0. The van der Waals surface area contributed by atoms with Crippen molar-refractivity contribution in [1.29, 1.82) is 0 Å². The Bertz CT molecular complexity index is 399. The van der Waals surface area contributed by atoms with Crippen molar-refractivity contribution >= 4 is 5.95 Å². The highest BCUT2D eigenvalue weighted by molar-refractivity contribution is 5.30. The van der Waals surface area contributed by atoms with Crippen LogP contribution in [0.4, 0.5) is 5.95 Å². The maximum Gasteiger partial charge on any atom is 0.225 e. The van der Waals surface area contributed by atoms with Gasteiger partial charge in [0.15, 0.2) is 0 Å². The van der Waals surface area contributed by atoms with Crippen LogP contribution >= 0.6 is 0 Å². The average Bonchev–Trinajstić information content (AvgIpc) is 3.25. The van der Waals surface area contributed by atoms with Crippen molar-refractivity contribution in [2.45, 2.75) is 51.6 Å². The van der Waals surface area contributed by atoms with Crippen LogP contribution in [0.5, 0.6) is 0 Å². The number of anilines is 1. The zero-order valence-electron chi connectivity index (χ0n) is 11.8. The molecule has 0 bridgehead atoms. The molecule has 3 rings (SSSR count). The molecule has 0 radical (unpaired) electrons. The van der Waals surface area contributed by atoms with Gasteiger partial charge in [-0.2, -0.15) is 0 Å². The van der Waals surface area contributed by atoms with Gasteiger partial charge in [-0.1, -0.05) is 6.92 Å². The minimum absolute atomic E-state index is 0.742. The molecular formula is C15H24N4. The fraction of sp³-hybridized carbons (Fsp3) is 0.733. The van der Waals surface area contributed by atoms with Gasteiger partial charge >= 0.3 is 0 Å². The molecule has 1 aromatic rings. The first-order chi connectivity index (χ1) is 9.31. The van der Waals surface area contributed by atoms with Gasteiger partial charge < -0.3 is 10.2 Å². The topological polar surface area (TPSA) is 41.1 Å². The molecule has 1 atom stereocenters. The predicted octanol–water partition coefficient (Wildman–Crippen LogP) is 2.36. The summed E-state index contributed by atoms with van der Waals surface area (Å²) in [6.07, 6.45) is 10.5. The molecule has 19 heavy (non-hydrogen) atoms. The summed E-state index contributed by atoms with van der Waals surface area (Å²) in [5.74, 6) is 1.75. The van der Waals surface area contributed by atoms with Gasteiger partial charge in [0, 0.05) is 43.6 Å². The van der Waals surface area contributed by atoms with Crippen LogP contribution in [0, 0.1) is 5.92 Å². The summed E-state index contributed by atoms with van der Waals surface area (Å²) in [7, 11) is 0. The summed E-state index contributed by atoms with van der Waals surface area (Å²) >= 11 is 0. The fourth-order valence-electron chi connectivity index (χ4n) is 2.62. The zero-order valence-corrected chi connectivity index (χ0v) is 11.8. The van der Waals surface area contributed by atoms with E-state index in [-0.39, 0.29) is 0 Å². The zero-order chi connectivity index (χ0) is 13.1. The molecule has 2 aliphatic rings. The lowest BCUT2D eigenvalue weighted by atomic mass is 10.0. The van der Waals surface area contributed by atoms with Crippen LogP contribution in [0.15, 0.2) is 12.4 Å². The Hall–Kier alpha value is -1.16. The van der Waals surface area contributed by atoms with Crippen LogP contribution in [0.3, 0.4) is 0 Å². The van der Waals surface area contributed by atoms with Gasteiger partial charge in [-0.25, -0.2) is 9.97 Å². The van der Waals surface area contributed by atoms with E-state index >= 15 is 0 Å². The van der Waals surface area contributed by atoms with Crippen molar-refractivity contribution in [2.75, 3.05) is 18.0 Å². The summed E-state index contributed by atoms with van der Waals surface area (Å²) in [4.78, 5) is 11.4. The molecule has 4 nitrogen and oxygen atoms in total. The fourth-order valence-corrected chi connectivity index (χ4v) is 2.62. The molecular weight excluding hydrogens is 236 g/mol. The molecule has 1 saturated carbocycles. The number of rotatable bonds is 4. The van der Waals surface area contributed by atoms with Crippen LogP contribution in [-0.4, -0.2) is 29.1 Å². The second kappa shape index (κ2) is 5.87. The van der Waals surface area contributed by atoms with E-state index in [1.165, 1.54) is 37.7 Å². The summed E-state index contributed by atoms with van der Waals surface area (Å²) in [5.41, 5.74) is 1.19. The van der Waals surface area contributed by atoms with E-state index in [0.717, 1.165) is 37.5 Å². The van der Waals surface area contributed by atoms with Gasteiger partial charge in [-0.15, -0.1) is 0 Å². The SMILES string of the molecule is CC1CCCN(c2ncc(CNC3CC3)cn2)CC1. The Kier molecular flexibility index (Phi) is 3.97. The van der Waals surface area contributed by atoms with E-state index in [1.54, 1.807) is 0 Å². The molecule has 0 aromatic carbocycles. The van der Waals surface area contributed by atoms with Crippen LogP contribution in [0.2, 0.25) is 0 Å². The predicted molar refractivity (Wildman–Crippen MR) is 77.1 cm³/mol. The van der Waals surface area contributed by atoms with E-state index < -0.39 is 0 Å². The van der Waals surface area contributed by atoms with E-state index in [9.17, 15) is 0 Å². The van der Waals surface area contributed by atoms with Crippen LogP contribution in [0.25, 0.3) is 0 Å². The summed E-state index contributed by atoms with van der Waals surface area (Å²) in [6, 6.07) is 0.742. The van der Waals surface area contributed by atoms with Crippen molar-refractivity contribution in [3.63, 3.8) is 0 Å². The van der Waals surface area contributed by atoms with Gasteiger partial charge in [0.05, 0.1) is 0 Å². The molecule has 1 aliphatic carbocycles. The highest BCUT2D eigenvalue weighted by atomic mass is 15.2.